The molecule has 0 fully saturated rings. The number of hydrogen-bond donors (Lipinski definition) is 2. The lowest BCUT2D eigenvalue weighted by Gasteiger charge is -2.21. The van der Waals surface area contributed by atoms with Gasteiger partial charge in [-0.2, -0.15) is 0 Å². The first-order valence-electron chi connectivity index (χ1n) is 11.1. The van der Waals surface area contributed by atoms with Crippen LogP contribution in [0.2, 0.25) is 0 Å². The standard InChI is InChI=1S/C27H31N3O4S/c1-18-13-14-21(27(2,3)4)17-24(18)35(33,34)29-23-12-7-9-19(15-23)25(31)28-22-11-8-10-20(16-22)26(32)30(5)6/h7-17,29H,1-6H3,(H,28,31). The van der Waals surface area contributed by atoms with Crippen molar-refractivity contribution < 1.29 is 18.0 Å². The number of nitrogens with one attached hydrogen (secondary N) is 2. The van der Waals surface area contributed by atoms with Crippen molar-refractivity contribution in [2.75, 3.05) is 24.1 Å². The monoisotopic (exact) mass is 493 g/mol. The third-order valence-electron chi connectivity index (χ3n) is 5.49. The van der Waals surface area contributed by atoms with Gasteiger partial charge in [0.25, 0.3) is 21.8 Å². The Kier molecular flexibility index (Phi) is 7.36. The average Bonchev–Trinajstić information content (AvgIpc) is 2.78. The largest absolute Gasteiger partial charge is 0.345 e. The van der Waals surface area contributed by atoms with Crippen molar-refractivity contribution in [2.45, 2.75) is 38.0 Å². The van der Waals surface area contributed by atoms with E-state index in [2.05, 4.69) is 10.0 Å². The molecule has 0 spiro atoms. The van der Waals surface area contributed by atoms with Gasteiger partial charge in [-0.3, -0.25) is 14.3 Å². The maximum atomic E-state index is 13.2. The fourth-order valence-corrected chi connectivity index (χ4v) is 4.80. The maximum Gasteiger partial charge on any atom is 0.262 e. The van der Waals surface area contributed by atoms with E-state index in [-0.39, 0.29) is 27.5 Å². The van der Waals surface area contributed by atoms with Crippen LogP contribution >= 0.6 is 0 Å². The van der Waals surface area contributed by atoms with E-state index in [1.165, 1.54) is 11.0 Å². The lowest BCUT2D eigenvalue weighted by atomic mass is 9.87. The summed E-state index contributed by atoms with van der Waals surface area (Å²) in [5, 5.41) is 2.76. The van der Waals surface area contributed by atoms with E-state index in [0.717, 1.165) is 5.56 Å². The summed E-state index contributed by atoms with van der Waals surface area (Å²) in [6.45, 7) is 7.82. The molecule has 0 radical (unpaired) electrons. The Balaban J connectivity index is 1.83. The van der Waals surface area contributed by atoms with Crippen molar-refractivity contribution in [1.29, 1.82) is 0 Å². The molecule has 0 aromatic heterocycles. The molecule has 2 N–H and O–H groups in total. The van der Waals surface area contributed by atoms with Crippen LogP contribution in [0.1, 0.15) is 52.6 Å². The Hall–Kier alpha value is -3.65. The maximum absolute atomic E-state index is 13.2. The van der Waals surface area contributed by atoms with Gasteiger partial charge in [0.2, 0.25) is 0 Å². The predicted molar refractivity (Wildman–Crippen MR) is 140 cm³/mol. The van der Waals surface area contributed by atoms with Crippen LogP contribution in [-0.4, -0.2) is 39.2 Å². The predicted octanol–water partition coefficient (Wildman–Crippen LogP) is 5.05. The molecule has 7 nitrogen and oxygen atoms in total. The molecule has 3 aromatic carbocycles. The quantitative estimate of drug-likeness (QED) is 0.502. The molecule has 0 atom stereocenters. The second-order valence-electron chi connectivity index (χ2n) is 9.65. The Morgan fingerprint density at radius 3 is 2.06 bits per heavy atom. The highest BCUT2D eigenvalue weighted by molar-refractivity contribution is 7.92. The minimum absolute atomic E-state index is 0.177. The summed E-state index contributed by atoms with van der Waals surface area (Å²) in [6, 6.07) is 18.3. The van der Waals surface area contributed by atoms with Crippen molar-refractivity contribution in [2.24, 2.45) is 0 Å². The van der Waals surface area contributed by atoms with Crippen molar-refractivity contribution in [3.63, 3.8) is 0 Å². The van der Waals surface area contributed by atoms with Crippen LogP contribution in [-0.2, 0) is 15.4 Å². The van der Waals surface area contributed by atoms with Crippen molar-refractivity contribution in [3.05, 3.63) is 89.0 Å². The van der Waals surface area contributed by atoms with Crippen LogP contribution in [0.3, 0.4) is 0 Å². The first kappa shape index (κ1) is 26.0. The lowest BCUT2D eigenvalue weighted by molar-refractivity contribution is 0.0827. The van der Waals surface area contributed by atoms with Gasteiger partial charge in [0.15, 0.2) is 0 Å². The van der Waals surface area contributed by atoms with E-state index in [1.807, 2.05) is 26.8 Å². The van der Waals surface area contributed by atoms with E-state index in [4.69, 9.17) is 0 Å². The van der Waals surface area contributed by atoms with Gasteiger partial charge in [-0.05, 0) is 65.9 Å². The van der Waals surface area contributed by atoms with E-state index < -0.39 is 15.9 Å². The van der Waals surface area contributed by atoms with Crippen LogP contribution in [0.15, 0.2) is 71.6 Å². The second-order valence-corrected chi connectivity index (χ2v) is 11.3. The molecule has 0 heterocycles. The van der Waals surface area contributed by atoms with E-state index in [0.29, 0.717) is 16.8 Å². The highest BCUT2D eigenvalue weighted by Crippen LogP contribution is 2.28. The number of carbonyl (C=O) groups is 2. The Morgan fingerprint density at radius 1 is 0.829 bits per heavy atom. The number of aryl methyl sites for hydroxylation is 1. The molecule has 0 bridgehead atoms. The Labute approximate surface area is 207 Å². The van der Waals surface area contributed by atoms with Crippen LogP contribution < -0.4 is 10.0 Å². The number of carbonyl (C=O) groups excluding carboxylic acids is 2. The summed E-state index contributed by atoms with van der Waals surface area (Å²) in [6.07, 6.45) is 0. The van der Waals surface area contributed by atoms with Gasteiger partial charge >= 0.3 is 0 Å². The summed E-state index contributed by atoms with van der Waals surface area (Å²) < 4.78 is 29.0. The molecule has 2 amide bonds. The molecule has 0 saturated carbocycles. The van der Waals surface area contributed by atoms with Crippen LogP contribution in [0, 0.1) is 6.92 Å². The van der Waals surface area contributed by atoms with E-state index in [9.17, 15) is 18.0 Å². The molecule has 0 aliphatic carbocycles. The molecular weight excluding hydrogens is 462 g/mol. The fourth-order valence-electron chi connectivity index (χ4n) is 3.48. The highest BCUT2D eigenvalue weighted by Gasteiger charge is 2.22. The van der Waals surface area contributed by atoms with Gasteiger partial charge in [0.1, 0.15) is 0 Å². The first-order valence-corrected chi connectivity index (χ1v) is 12.6. The van der Waals surface area contributed by atoms with E-state index >= 15 is 0 Å². The van der Waals surface area contributed by atoms with Gasteiger partial charge in [-0.15, -0.1) is 0 Å². The second kappa shape index (κ2) is 9.92. The molecule has 3 rings (SSSR count). The summed E-state index contributed by atoms with van der Waals surface area (Å²) in [5.74, 6) is -0.602. The number of hydrogen-bond acceptors (Lipinski definition) is 4. The molecular formula is C27H31N3O4S. The van der Waals surface area contributed by atoms with Gasteiger partial charge < -0.3 is 10.2 Å². The van der Waals surface area contributed by atoms with Gasteiger partial charge in [0.05, 0.1) is 4.90 Å². The number of rotatable bonds is 6. The highest BCUT2D eigenvalue weighted by atomic mass is 32.2. The first-order chi connectivity index (χ1) is 16.3. The lowest BCUT2D eigenvalue weighted by Crippen LogP contribution is -2.22. The van der Waals surface area contributed by atoms with Crippen molar-refractivity contribution in [3.8, 4) is 0 Å². The van der Waals surface area contributed by atoms with Gasteiger partial charge in [-0.25, -0.2) is 8.42 Å². The van der Waals surface area contributed by atoms with E-state index in [1.54, 1.807) is 75.6 Å². The summed E-state index contributed by atoms with van der Waals surface area (Å²) in [4.78, 5) is 26.7. The molecule has 35 heavy (non-hydrogen) atoms. The summed E-state index contributed by atoms with van der Waals surface area (Å²) in [7, 11) is -0.568. The number of anilines is 2. The van der Waals surface area contributed by atoms with Crippen LogP contribution in [0.5, 0.6) is 0 Å². The minimum atomic E-state index is -3.88. The summed E-state index contributed by atoms with van der Waals surface area (Å²) >= 11 is 0. The normalized spacial score (nSPS) is 11.6. The van der Waals surface area contributed by atoms with Crippen molar-refractivity contribution >= 4 is 33.2 Å². The molecule has 8 heteroatoms. The number of sulfonamides is 1. The number of nitrogens with zero attached hydrogens (tertiary/aromatic N) is 1. The minimum Gasteiger partial charge on any atom is -0.345 e. The molecule has 0 unspecified atom stereocenters. The SMILES string of the molecule is Cc1ccc(C(C)(C)C)cc1S(=O)(=O)Nc1cccc(C(=O)Nc2cccc(C(=O)N(C)C)c2)c1. The van der Waals surface area contributed by atoms with Crippen LogP contribution in [0.4, 0.5) is 11.4 Å². The topological polar surface area (TPSA) is 95.6 Å². The molecule has 184 valence electrons. The zero-order valence-corrected chi connectivity index (χ0v) is 21.7. The third-order valence-corrected chi connectivity index (χ3v) is 7.02. The molecule has 0 saturated heterocycles. The Morgan fingerprint density at radius 2 is 1.43 bits per heavy atom. The fraction of sp³-hybridized carbons (Fsp3) is 0.259. The molecule has 0 aliphatic rings. The summed E-state index contributed by atoms with van der Waals surface area (Å²) in [5.41, 5.74) is 2.79. The Bertz CT molecular complexity index is 1370. The smallest absolute Gasteiger partial charge is 0.262 e. The average molecular weight is 494 g/mol. The van der Waals surface area contributed by atoms with Gasteiger partial charge in [0, 0.05) is 36.6 Å². The van der Waals surface area contributed by atoms with Gasteiger partial charge in [-0.1, -0.05) is 45.0 Å². The molecule has 3 aromatic rings. The zero-order chi connectivity index (χ0) is 26.0. The number of amides is 2. The van der Waals surface area contributed by atoms with Crippen LogP contribution in [0.25, 0.3) is 0 Å². The zero-order valence-electron chi connectivity index (χ0n) is 20.8. The third kappa shape index (κ3) is 6.27. The number of benzene rings is 3. The molecule has 0 aliphatic heterocycles. The van der Waals surface area contributed by atoms with Crippen molar-refractivity contribution in [1.82, 2.24) is 4.90 Å².